The van der Waals surface area contributed by atoms with Crippen LogP contribution in [0.15, 0.2) is 30.3 Å². The average Bonchev–Trinajstić information content (AvgIpc) is 3.04. The second kappa shape index (κ2) is 11.1. The molecule has 1 amide bonds. The number of carbonyl (C=O) groups excluding carboxylic acids is 1. The van der Waals surface area contributed by atoms with E-state index >= 15 is 0 Å². The Kier molecular flexibility index (Phi) is 9.89. The van der Waals surface area contributed by atoms with E-state index in [2.05, 4.69) is 45.9 Å². The van der Waals surface area contributed by atoms with Gasteiger partial charge in [-0.1, -0.05) is 18.2 Å². The average molecular weight is 392 g/mol. The summed E-state index contributed by atoms with van der Waals surface area (Å²) >= 11 is 1.94. The zero-order chi connectivity index (χ0) is 15.2. The van der Waals surface area contributed by atoms with Gasteiger partial charge in [0.05, 0.1) is 0 Å². The number of carbonyl (C=O) groups is 1. The van der Waals surface area contributed by atoms with E-state index in [0.29, 0.717) is 18.4 Å². The van der Waals surface area contributed by atoms with Gasteiger partial charge in [-0.2, -0.15) is 11.8 Å². The van der Waals surface area contributed by atoms with E-state index in [1.807, 2.05) is 11.8 Å². The zero-order valence-electron chi connectivity index (χ0n) is 13.8. The van der Waals surface area contributed by atoms with Gasteiger partial charge in [-0.15, -0.1) is 24.8 Å². The van der Waals surface area contributed by atoms with Crippen LogP contribution in [0.3, 0.4) is 0 Å². The van der Waals surface area contributed by atoms with Crippen LogP contribution in [0.1, 0.15) is 12.8 Å². The molecule has 2 saturated heterocycles. The molecule has 2 heterocycles. The summed E-state index contributed by atoms with van der Waals surface area (Å²) in [5, 5.41) is 6.55. The molecule has 2 aliphatic heterocycles. The Morgan fingerprint density at radius 2 is 2.08 bits per heavy atom. The number of para-hydroxylation sites is 1. The molecule has 4 nitrogen and oxygen atoms in total. The predicted octanol–water partition coefficient (Wildman–Crippen LogP) is 2.57. The van der Waals surface area contributed by atoms with E-state index in [1.165, 1.54) is 5.69 Å². The first-order valence-corrected chi connectivity index (χ1v) is 9.34. The number of nitrogens with one attached hydrogen (secondary N) is 2. The molecule has 0 aliphatic carbocycles. The normalized spacial score (nSPS) is 23.1. The maximum atomic E-state index is 12.0. The van der Waals surface area contributed by atoms with Crippen molar-refractivity contribution in [3.63, 3.8) is 0 Å². The Morgan fingerprint density at radius 3 is 2.79 bits per heavy atom. The molecule has 1 aromatic carbocycles. The van der Waals surface area contributed by atoms with E-state index in [-0.39, 0.29) is 30.7 Å². The van der Waals surface area contributed by atoms with Gasteiger partial charge in [0.2, 0.25) is 5.91 Å². The molecular formula is C17H27Cl2N3OS. The Bertz CT molecular complexity index is 486. The Balaban J connectivity index is 0.00000144. The number of hydrogen-bond donors (Lipinski definition) is 2. The van der Waals surface area contributed by atoms with E-state index in [4.69, 9.17) is 0 Å². The second-order valence-electron chi connectivity index (χ2n) is 6.17. The summed E-state index contributed by atoms with van der Waals surface area (Å²) in [6, 6.07) is 10.9. The quantitative estimate of drug-likeness (QED) is 0.809. The lowest BCUT2D eigenvalue weighted by atomic mass is 10.1. The first-order chi connectivity index (χ1) is 10.8. The number of amides is 1. The van der Waals surface area contributed by atoms with Gasteiger partial charge in [-0.05, 0) is 24.5 Å². The van der Waals surface area contributed by atoms with Gasteiger partial charge in [0, 0.05) is 55.8 Å². The number of anilines is 1. The van der Waals surface area contributed by atoms with E-state index < -0.39 is 0 Å². The fourth-order valence-electron chi connectivity index (χ4n) is 3.18. The van der Waals surface area contributed by atoms with Crippen LogP contribution in [0.4, 0.5) is 5.69 Å². The van der Waals surface area contributed by atoms with Crippen LogP contribution in [-0.2, 0) is 4.79 Å². The largest absolute Gasteiger partial charge is 0.371 e. The van der Waals surface area contributed by atoms with Gasteiger partial charge in [0.25, 0.3) is 0 Å². The molecule has 24 heavy (non-hydrogen) atoms. The summed E-state index contributed by atoms with van der Waals surface area (Å²) in [7, 11) is 0. The van der Waals surface area contributed by atoms with Gasteiger partial charge in [0.15, 0.2) is 0 Å². The van der Waals surface area contributed by atoms with Crippen LogP contribution in [0, 0.1) is 5.92 Å². The monoisotopic (exact) mass is 391 g/mol. The Hall–Kier alpha value is -0.620. The molecule has 2 N–H and O–H groups in total. The topological polar surface area (TPSA) is 44.4 Å². The minimum Gasteiger partial charge on any atom is -0.371 e. The van der Waals surface area contributed by atoms with Crippen molar-refractivity contribution >= 4 is 48.2 Å². The van der Waals surface area contributed by atoms with Crippen molar-refractivity contribution in [3.8, 4) is 0 Å². The fraction of sp³-hybridized carbons (Fsp3) is 0.588. The highest BCUT2D eigenvalue weighted by Gasteiger charge is 2.23. The van der Waals surface area contributed by atoms with Gasteiger partial charge in [-0.25, -0.2) is 0 Å². The summed E-state index contributed by atoms with van der Waals surface area (Å²) in [5.74, 6) is 2.98. The molecule has 2 aliphatic rings. The molecule has 7 heteroatoms. The second-order valence-corrected chi connectivity index (χ2v) is 7.32. The number of hydrogen-bond acceptors (Lipinski definition) is 4. The lowest BCUT2D eigenvalue weighted by Crippen LogP contribution is -2.42. The van der Waals surface area contributed by atoms with Crippen molar-refractivity contribution in [2.75, 3.05) is 42.6 Å². The van der Waals surface area contributed by atoms with Gasteiger partial charge < -0.3 is 15.5 Å². The third kappa shape index (κ3) is 6.36. The summed E-state index contributed by atoms with van der Waals surface area (Å²) in [5.41, 5.74) is 1.29. The first-order valence-electron chi connectivity index (χ1n) is 8.19. The van der Waals surface area contributed by atoms with E-state index in [9.17, 15) is 4.79 Å². The molecule has 2 atom stereocenters. The van der Waals surface area contributed by atoms with Crippen LogP contribution in [-0.4, -0.2) is 49.6 Å². The number of halogens is 2. The number of thioether (sulfide) groups is 1. The number of rotatable bonds is 5. The van der Waals surface area contributed by atoms with Crippen LogP contribution < -0.4 is 15.5 Å². The van der Waals surface area contributed by atoms with Crippen LogP contribution in [0.25, 0.3) is 0 Å². The minimum atomic E-state index is 0. The molecule has 1 aromatic rings. The fourth-order valence-corrected chi connectivity index (χ4v) is 4.13. The molecule has 136 valence electrons. The highest BCUT2D eigenvalue weighted by molar-refractivity contribution is 7.99. The van der Waals surface area contributed by atoms with Crippen molar-refractivity contribution in [1.82, 2.24) is 10.6 Å². The lowest BCUT2D eigenvalue weighted by Gasteiger charge is -2.23. The van der Waals surface area contributed by atoms with E-state index in [0.717, 1.165) is 44.1 Å². The molecule has 2 fully saturated rings. The minimum absolute atomic E-state index is 0. The third-order valence-electron chi connectivity index (χ3n) is 4.43. The van der Waals surface area contributed by atoms with Crippen LogP contribution in [0.2, 0.25) is 0 Å². The molecule has 3 rings (SSSR count). The van der Waals surface area contributed by atoms with Crippen molar-refractivity contribution in [1.29, 1.82) is 0 Å². The summed E-state index contributed by atoms with van der Waals surface area (Å²) in [6.07, 6.45) is 1.77. The maximum absolute atomic E-state index is 12.0. The SMILES string of the molecule is Cl.Cl.O=C(CC1CSCCN1)NCC1CCN(c2ccccc2)C1. The highest BCUT2D eigenvalue weighted by Crippen LogP contribution is 2.23. The summed E-state index contributed by atoms with van der Waals surface area (Å²) < 4.78 is 0. The van der Waals surface area contributed by atoms with Crippen molar-refractivity contribution < 1.29 is 4.79 Å². The Labute approximate surface area is 161 Å². The van der Waals surface area contributed by atoms with Gasteiger partial charge in [-0.3, -0.25) is 4.79 Å². The summed E-state index contributed by atoms with van der Waals surface area (Å²) in [4.78, 5) is 14.5. The van der Waals surface area contributed by atoms with Gasteiger partial charge >= 0.3 is 0 Å². The maximum Gasteiger partial charge on any atom is 0.221 e. The molecule has 0 bridgehead atoms. The summed E-state index contributed by atoms with van der Waals surface area (Å²) in [6.45, 7) is 3.96. The molecule has 0 spiro atoms. The molecule has 0 radical (unpaired) electrons. The zero-order valence-corrected chi connectivity index (χ0v) is 16.2. The predicted molar refractivity (Wildman–Crippen MR) is 108 cm³/mol. The van der Waals surface area contributed by atoms with Crippen molar-refractivity contribution in [3.05, 3.63) is 30.3 Å². The van der Waals surface area contributed by atoms with Gasteiger partial charge in [0.1, 0.15) is 0 Å². The number of nitrogens with zero attached hydrogens (tertiary/aromatic N) is 1. The van der Waals surface area contributed by atoms with E-state index in [1.54, 1.807) is 0 Å². The Morgan fingerprint density at radius 1 is 1.29 bits per heavy atom. The van der Waals surface area contributed by atoms with Crippen LogP contribution >= 0.6 is 36.6 Å². The van der Waals surface area contributed by atoms with Crippen LogP contribution in [0.5, 0.6) is 0 Å². The van der Waals surface area contributed by atoms with Crippen molar-refractivity contribution in [2.45, 2.75) is 18.9 Å². The molecule has 0 aromatic heterocycles. The van der Waals surface area contributed by atoms with Crippen molar-refractivity contribution in [2.24, 2.45) is 5.92 Å². The standard InChI is InChI=1S/C17H25N3OS.2ClH/c21-17(10-15-13-22-9-7-18-15)19-11-14-6-8-20(12-14)16-4-2-1-3-5-16;;/h1-5,14-15,18H,6-13H2,(H,19,21);2*1H. The third-order valence-corrected chi connectivity index (χ3v) is 5.56. The molecule has 0 saturated carbocycles. The smallest absolute Gasteiger partial charge is 0.221 e. The highest BCUT2D eigenvalue weighted by atomic mass is 35.5. The number of benzene rings is 1. The lowest BCUT2D eigenvalue weighted by molar-refractivity contribution is -0.121. The molecular weight excluding hydrogens is 365 g/mol. The first kappa shape index (κ1) is 21.4. The molecule has 2 unspecified atom stereocenters.